The van der Waals surface area contributed by atoms with E-state index < -0.39 is 10.0 Å². The molecule has 0 unspecified atom stereocenters. The van der Waals surface area contributed by atoms with E-state index in [0.29, 0.717) is 6.54 Å². The number of imidazole rings is 1. The van der Waals surface area contributed by atoms with Crippen molar-refractivity contribution < 1.29 is 8.42 Å². The first kappa shape index (κ1) is 17.0. The smallest absolute Gasteiger partial charge is 0.262 e. The van der Waals surface area contributed by atoms with Crippen molar-refractivity contribution in [3.8, 4) is 0 Å². The van der Waals surface area contributed by atoms with E-state index in [0.717, 1.165) is 49.8 Å². The Balaban J connectivity index is 2.26. The molecule has 0 aliphatic heterocycles. The molecular formula is C14H24BrN3O2S. The fourth-order valence-electron chi connectivity index (χ4n) is 2.58. The number of alkyl halides is 1. The number of aromatic nitrogens is 2. The van der Waals surface area contributed by atoms with Crippen LogP contribution in [0.15, 0.2) is 11.2 Å². The first-order valence-corrected chi connectivity index (χ1v) is 10.2. The summed E-state index contributed by atoms with van der Waals surface area (Å²) in [6.45, 7) is 5.31. The van der Waals surface area contributed by atoms with Crippen molar-refractivity contribution in [3.63, 3.8) is 0 Å². The second kappa shape index (κ2) is 7.24. The molecule has 120 valence electrons. The lowest BCUT2D eigenvalue weighted by Crippen LogP contribution is -2.44. The predicted octanol–water partition coefficient (Wildman–Crippen LogP) is 2.93. The van der Waals surface area contributed by atoms with E-state index in [1.807, 2.05) is 11.5 Å². The molecule has 0 atom stereocenters. The van der Waals surface area contributed by atoms with Crippen LogP contribution in [-0.4, -0.2) is 40.2 Å². The van der Waals surface area contributed by atoms with E-state index in [2.05, 4.69) is 27.8 Å². The molecule has 1 saturated carbocycles. The molecule has 1 heterocycles. The van der Waals surface area contributed by atoms with Gasteiger partial charge in [-0.2, -0.15) is 4.31 Å². The van der Waals surface area contributed by atoms with Crippen molar-refractivity contribution in [2.75, 3.05) is 11.9 Å². The largest absolute Gasteiger partial charge is 0.334 e. The Hall–Kier alpha value is -0.400. The van der Waals surface area contributed by atoms with Crippen molar-refractivity contribution in [2.45, 2.75) is 63.6 Å². The lowest BCUT2D eigenvalue weighted by Gasteiger charge is -2.35. The van der Waals surface area contributed by atoms with Gasteiger partial charge in [-0.1, -0.05) is 29.3 Å². The van der Waals surface area contributed by atoms with Crippen LogP contribution < -0.4 is 0 Å². The van der Waals surface area contributed by atoms with Gasteiger partial charge in [0, 0.05) is 30.7 Å². The van der Waals surface area contributed by atoms with Gasteiger partial charge >= 0.3 is 0 Å². The summed E-state index contributed by atoms with van der Waals surface area (Å²) >= 11 is 3.38. The number of hydrogen-bond acceptors (Lipinski definition) is 3. The minimum Gasteiger partial charge on any atom is -0.334 e. The van der Waals surface area contributed by atoms with E-state index in [-0.39, 0.29) is 11.1 Å². The molecule has 2 rings (SSSR count). The highest BCUT2D eigenvalue weighted by atomic mass is 79.9. The number of sulfonamides is 1. The minimum absolute atomic E-state index is 0.158. The molecule has 1 aromatic heterocycles. The summed E-state index contributed by atoms with van der Waals surface area (Å²) in [4.78, 5) is 4.29. The van der Waals surface area contributed by atoms with Crippen LogP contribution in [-0.2, 0) is 16.6 Å². The maximum atomic E-state index is 12.9. The molecule has 1 fully saturated rings. The average molecular weight is 378 g/mol. The number of nitrogens with zero attached hydrogens (tertiary/aromatic N) is 3. The fraction of sp³-hybridized carbons (Fsp3) is 0.786. The van der Waals surface area contributed by atoms with E-state index in [4.69, 9.17) is 0 Å². The van der Waals surface area contributed by atoms with Crippen molar-refractivity contribution in [1.29, 1.82) is 0 Å². The molecule has 0 saturated heterocycles. The Morgan fingerprint density at radius 3 is 2.71 bits per heavy atom. The first-order chi connectivity index (χ1) is 10.0. The van der Waals surface area contributed by atoms with Gasteiger partial charge in [0.25, 0.3) is 10.0 Å². The van der Waals surface area contributed by atoms with Crippen LogP contribution in [0.1, 0.15) is 44.9 Å². The highest BCUT2D eigenvalue weighted by molar-refractivity contribution is 9.09. The molecular weight excluding hydrogens is 354 g/mol. The summed E-state index contributed by atoms with van der Waals surface area (Å²) in [5, 5.41) is 1.02. The van der Waals surface area contributed by atoms with Crippen molar-refractivity contribution in [2.24, 2.45) is 0 Å². The van der Waals surface area contributed by atoms with Gasteiger partial charge in [0.05, 0.1) is 0 Å². The number of hydrogen-bond donors (Lipinski definition) is 0. The van der Waals surface area contributed by atoms with Gasteiger partial charge < -0.3 is 4.57 Å². The van der Waals surface area contributed by atoms with Gasteiger partial charge in [-0.25, -0.2) is 13.4 Å². The van der Waals surface area contributed by atoms with Crippen LogP contribution in [0, 0.1) is 6.92 Å². The second-order valence-electron chi connectivity index (χ2n) is 5.56. The average Bonchev–Trinajstić information content (AvgIpc) is 2.75. The molecule has 0 aromatic carbocycles. The third-order valence-electron chi connectivity index (χ3n) is 3.99. The van der Waals surface area contributed by atoms with E-state index >= 15 is 0 Å². The molecule has 0 radical (unpaired) electrons. The van der Waals surface area contributed by atoms with Gasteiger partial charge in [0.2, 0.25) is 0 Å². The molecule has 5 nitrogen and oxygen atoms in total. The summed E-state index contributed by atoms with van der Waals surface area (Å²) in [6, 6.07) is 0.158. The third kappa shape index (κ3) is 3.68. The van der Waals surface area contributed by atoms with Crippen LogP contribution in [0.4, 0.5) is 0 Å². The molecule has 1 aromatic rings. The highest BCUT2D eigenvalue weighted by Gasteiger charge is 2.35. The Morgan fingerprint density at radius 1 is 1.48 bits per heavy atom. The van der Waals surface area contributed by atoms with Gasteiger partial charge in [0.1, 0.15) is 5.82 Å². The summed E-state index contributed by atoms with van der Waals surface area (Å²) < 4.78 is 29.3. The minimum atomic E-state index is -3.47. The number of aryl methyl sites for hydroxylation is 2. The summed E-state index contributed by atoms with van der Waals surface area (Å²) in [7, 11) is -3.47. The van der Waals surface area contributed by atoms with Gasteiger partial charge in [-0.15, -0.1) is 0 Å². The lowest BCUT2D eigenvalue weighted by atomic mass is 9.93. The maximum Gasteiger partial charge on any atom is 0.262 e. The number of halogens is 1. The van der Waals surface area contributed by atoms with Crippen LogP contribution in [0.3, 0.4) is 0 Å². The van der Waals surface area contributed by atoms with Crippen molar-refractivity contribution >= 4 is 26.0 Å². The van der Waals surface area contributed by atoms with E-state index in [1.54, 1.807) is 10.5 Å². The quantitative estimate of drug-likeness (QED) is 0.654. The molecule has 1 aliphatic carbocycles. The van der Waals surface area contributed by atoms with Crippen LogP contribution >= 0.6 is 15.9 Å². The van der Waals surface area contributed by atoms with E-state index in [1.165, 1.54) is 0 Å². The van der Waals surface area contributed by atoms with Gasteiger partial charge in [-0.05, 0) is 32.6 Å². The molecule has 7 heteroatoms. The summed E-state index contributed by atoms with van der Waals surface area (Å²) in [6.07, 6.45) is 6.53. The fourth-order valence-corrected chi connectivity index (χ4v) is 4.55. The van der Waals surface area contributed by atoms with Crippen molar-refractivity contribution in [1.82, 2.24) is 13.9 Å². The normalized spacial score (nSPS) is 16.4. The summed E-state index contributed by atoms with van der Waals surface area (Å²) in [5.74, 6) is 0.768. The van der Waals surface area contributed by atoms with E-state index in [9.17, 15) is 8.42 Å². The molecule has 21 heavy (non-hydrogen) atoms. The third-order valence-corrected chi connectivity index (χ3v) is 6.37. The maximum absolute atomic E-state index is 12.9. The predicted molar refractivity (Wildman–Crippen MR) is 87.2 cm³/mol. The standard InChI is InChI=1S/C14H24BrN3O2S/c1-3-9-17-11-14(16-12(17)2)21(19,20)18(10-5-8-15)13-6-4-7-13/h11,13H,3-10H2,1-2H3. The Morgan fingerprint density at radius 2 is 2.19 bits per heavy atom. The van der Waals surface area contributed by atoms with Gasteiger partial charge in [0.15, 0.2) is 5.03 Å². The first-order valence-electron chi connectivity index (χ1n) is 7.62. The zero-order chi connectivity index (χ0) is 15.5. The van der Waals surface area contributed by atoms with Crippen LogP contribution in [0.25, 0.3) is 0 Å². The zero-order valence-electron chi connectivity index (χ0n) is 12.8. The molecule has 0 N–H and O–H groups in total. The zero-order valence-corrected chi connectivity index (χ0v) is 15.2. The Kier molecular flexibility index (Phi) is 5.85. The molecule has 0 spiro atoms. The van der Waals surface area contributed by atoms with Crippen LogP contribution in [0.2, 0.25) is 0 Å². The molecule has 1 aliphatic rings. The topological polar surface area (TPSA) is 55.2 Å². The highest BCUT2D eigenvalue weighted by Crippen LogP contribution is 2.30. The lowest BCUT2D eigenvalue weighted by molar-refractivity contribution is 0.219. The Labute approximate surface area is 135 Å². The second-order valence-corrected chi connectivity index (χ2v) is 8.19. The SMILES string of the molecule is CCCn1cc(S(=O)(=O)N(CCCBr)C2CCC2)nc1C. The molecule has 0 amide bonds. The Bertz CT molecular complexity index is 567. The monoisotopic (exact) mass is 377 g/mol. The number of rotatable bonds is 8. The van der Waals surface area contributed by atoms with Gasteiger partial charge in [-0.3, -0.25) is 0 Å². The van der Waals surface area contributed by atoms with Crippen molar-refractivity contribution in [3.05, 3.63) is 12.0 Å². The summed E-state index contributed by atoms with van der Waals surface area (Å²) in [5.41, 5.74) is 0. The molecule has 0 bridgehead atoms. The van der Waals surface area contributed by atoms with Crippen LogP contribution in [0.5, 0.6) is 0 Å².